The SMILES string of the molecule is CC(C)CC(O)CNC(=O)c1ccccc1Cl. The molecule has 17 heavy (non-hydrogen) atoms. The van der Waals surface area contributed by atoms with Crippen molar-refractivity contribution in [1.82, 2.24) is 5.32 Å². The first-order valence-corrected chi connectivity index (χ1v) is 6.09. The molecule has 94 valence electrons. The average molecular weight is 256 g/mol. The largest absolute Gasteiger partial charge is 0.391 e. The third-order valence-electron chi connectivity index (χ3n) is 2.36. The topological polar surface area (TPSA) is 49.3 Å². The van der Waals surface area contributed by atoms with Crippen molar-refractivity contribution >= 4 is 17.5 Å². The summed E-state index contributed by atoms with van der Waals surface area (Å²) in [5, 5.41) is 12.7. The molecule has 0 radical (unpaired) electrons. The molecule has 0 aromatic heterocycles. The second kappa shape index (κ2) is 6.62. The summed E-state index contributed by atoms with van der Waals surface area (Å²) in [6, 6.07) is 6.85. The number of aliphatic hydroxyl groups excluding tert-OH is 1. The molecule has 0 saturated heterocycles. The lowest BCUT2D eigenvalue weighted by Gasteiger charge is -2.14. The van der Waals surface area contributed by atoms with Crippen LogP contribution in [0.5, 0.6) is 0 Å². The third kappa shape index (κ3) is 4.75. The molecule has 0 fully saturated rings. The lowest BCUT2D eigenvalue weighted by molar-refractivity contribution is 0.0900. The van der Waals surface area contributed by atoms with Gasteiger partial charge in [0.15, 0.2) is 0 Å². The van der Waals surface area contributed by atoms with Gasteiger partial charge >= 0.3 is 0 Å². The molecule has 2 N–H and O–H groups in total. The van der Waals surface area contributed by atoms with Crippen LogP contribution in [0.1, 0.15) is 30.6 Å². The van der Waals surface area contributed by atoms with E-state index < -0.39 is 6.10 Å². The average Bonchev–Trinajstić information content (AvgIpc) is 2.25. The molecule has 0 bridgehead atoms. The molecule has 1 amide bonds. The Labute approximate surface area is 107 Å². The van der Waals surface area contributed by atoms with Gasteiger partial charge in [0.1, 0.15) is 0 Å². The minimum atomic E-state index is -0.513. The molecule has 1 unspecified atom stereocenters. The van der Waals surface area contributed by atoms with Crippen LogP contribution in [-0.4, -0.2) is 23.7 Å². The minimum Gasteiger partial charge on any atom is -0.391 e. The van der Waals surface area contributed by atoms with Crippen molar-refractivity contribution in [2.75, 3.05) is 6.54 Å². The van der Waals surface area contributed by atoms with E-state index >= 15 is 0 Å². The molecule has 3 nitrogen and oxygen atoms in total. The molecule has 0 aliphatic rings. The summed E-state index contributed by atoms with van der Waals surface area (Å²) in [5.41, 5.74) is 0.436. The van der Waals surface area contributed by atoms with Crippen LogP contribution >= 0.6 is 11.6 Å². The van der Waals surface area contributed by atoms with E-state index in [4.69, 9.17) is 11.6 Å². The number of nitrogens with one attached hydrogen (secondary N) is 1. The van der Waals surface area contributed by atoms with Gasteiger partial charge in [-0.15, -0.1) is 0 Å². The third-order valence-corrected chi connectivity index (χ3v) is 2.69. The summed E-state index contributed by atoms with van der Waals surface area (Å²) < 4.78 is 0. The van der Waals surface area contributed by atoms with Gasteiger partial charge < -0.3 is 10.4 Å². The summed E-state index contributed by atoms with van der Waals surface area (Å²) in [6.07, 6.45) is 0.157. The summed E-state index contributed by atoms with van der Waals surface area (Å²) in [6.45, 7) is 4.31. The van der Waals surface area contributed by atoms with Crippen LogP contribution in [0.15, 0.2) is 24.3 Å². The smallest absolute Gasteiger partial charge is 0.252 e. The quantitative estimate of drug-likeness (QED) is 0.849. The number of hydrogen-bond acceptors (Lipinski definition) is 2. The number of carbonyl (C=O) groups is 1. The van der Waals surface area contributed by atoms with Gasteiger partial charge in [-0.2, -0.15) is 0 Å². The zero-order valence-electron chi connectivity index (χ0n) is 10.1. The molecular weight excluding hydrogens is 238 g/mol. The van der Waals surface area contributed by atoms with E-state index in [9.17, 15) is 9.90 Å². The minimum absolute atomic E-state index is 0.251. The maximum atomic E-state index is 11.7. The van der Waals surface area contributed by atoms with Crippen LogP contribution in [0.3, 0.4) is 0 Å². The van der Waals surface area contributed by atoms with Crippen LogP contribution in [0.4, 0.5) is 0 Å². The fourth-order valence-electron chi connectivity index (χ4n) is 1.58. The number of aliphatic hydroxyl groups is 1. The molecule has 0 saturated carbocycles. The van der Waals surface area contributed by atoms with E-state index in [1.165, 1.54) is 0 Å². The van der Waals surface area contributed by atoms with E-state index in [0.717, 1.165) is 0 Å². The van der Waals surface area contributed by atoms with Crippen LogP contribution in [0, 0.1) is 5.92 Å². The Morgan fingerprint density at radius 3 is 2.65 bits per heavy atom. The highest BCUT2D eigenvalue weighted by atomic mass is 35.5. The summed E-state index contributed by atoms with van der Waals surface area (Å²) in [4.78, 5) is 11.7. The molecule has 1 aromatic carbocycles. The monoisotopic (exact) mass is 255 g/mol. The fourth-order valence-corrected chi connectivity index (χ4v) is 1.80. The first-order valence-electron chi connectivity index (χ1n) is 5.71. The Morgan fingerprint density at radius 2 is 2.06 bits per heavy atom. The van der Waals surface area contributed by atoms with Crippen molar-refractivity contribution in [1.29, 1.82) is 0 Å². The van der Waals surface area contributed by atoms with Crippen molar-refractivity contribution in [3.63, 3.8) is 0 Å². The van der Waals surface area contributed by atoms with Gasteiger partial charge in [0.25, 0.3) is 5.91 Å². The summed E-state index contributed by atoms with van der Waals surface area (Å²) >= 11 is 5.90. The number of rotatable bonds is 5. The molecule has 0 spiro atoms. The highest BCUT2D eigenvalue weighted by molar-refractivity contribution is 6.33. The van der Waals surface area contributed by atoms with Crippen LogP contribution in [0.25, 0.3) is 0 Å². The lowest BCUT2D eigenvalue weighted by Crippen LogP contribution is -2.32. The van der Waals surface area contributed by atoms with E-state index in [0.29, 0.717) is 22.9 Å². The van der Waals surface area contributed by atoms with Crippen molar-refractivity contribution in [3.8, 4) is 0 Å². The molecule has 1 atom stereocenters. The molecular formula is C13H18ClNO2. The van der Waals surface area contributed by atoms with Gasteiger partial charge in [-0.05, 0) is 24.5 Å². The number of benzene rings is 1. The van der Waals surface area contributed by atoms with Crippen molar-refractivity contribution < 1.29 is 9.90 Å². The van der Waals surface area contributed by atoms with Crippen molar-refractivity contribution in [3.05, 3.63) is 34.9 Å². The highest BCUT2D eigenvalue weighted by Gasteiger charge is 2.12. The predicted octanol–water partition coefficient (Wildman–Crippen LogP) is 2.48. The highest BCUT2D eigenvalue weighted by Crippen LogP contribution is 2.14. The molecule has 4 heteroatoms. The number of halogens is 1. The standard InChI is InChI=1S/C13H18ClNO2/c1-9(2)7-10(16)8-15-13(17)11-5-3-4-6-12(11)14/h3-6,9-10,16H,7-8H2,1-2H3,(H,15,17). The predicted molar refractivity (Wildman–Crippen MR) is 69.2 cm³/mol. The second-order valence-corrected chi connectivity index (χ2v) is 4.88. The van der Waals surface area contributed by atoms with Crippen LogP contribution in [0.2, 0.25) is 5.02 Å². The maximum Gasteiger partial charge on any atom is 0.252 e. The Kier molecular flexibility index (Phi) is 5.45. The summed E-state index contributed by atoms with van der Waals surface area (Å²) in [7, 11) is 0. The van der Waals surface area contributed by atoms with Gasteiger partial charge in [-0.3, -0.25) is 4.79 Å². The van der Waals surface area contributed by atoms with Crippen LogP contribution < -0.4 is 5.32 Å². The number of hydrogen-bond donors (Lipinski definition) is 2. The molecule has 0 aliphatic heterocycles. The zero-order chi connectivity index (χ0) is 12.8. The van der Waals surface area contributed by atoms with E-state index in [2.05, 4.69) is 5.32 Å². The Hall–Kier alpha value is -1.06. The van der Waals surface area contributed by atoms with Gasteiger partial charge in [0.05, 0.1) is 16.7 Å². The van der Waals surface area contributed by atoms with Gasteiger partial charge in [-0.1, -0.05) is 37.6 Å². The Balaban J connectivity index is 2.48. The van der Waals surface area contributed by atoms with Crippen LogP contribution in [-0.2, 0) is 0 Å². The molecule has 1 aromatic rings. The first kappa shape index (κ1) is 14.0. The van der Waals surface area contributed by atoms with Crippen molar-refractivity contribution in [2.45, 2.75) is 26.4 Å². The van der Waals surface area contributed by atoms with Gasteiger partial charge in [0, 0.05) is 6.54 Å². The molecule has 1 rings (SSSR count). The number of carbonyl (C=O) groups excluding carboxylic acids is 1. The van der Waals surface area contributed by atoms with E-state index in [1.807, 2.05) is 13.8 Å². The normalized spacial score (nSPS) is 12.5. The summed E-state index contributed by atoms with van der Waals surface area (Å²) in [5.74, 6) is 0.153. The van der Waals surface area contributed by atoms with E-state index in [1.54, 1.807) is 24.3 Å². The first-order chi connectivity index (χ1) is 8.00. The van der Waals surface area contributed by atoms with Gasteiger partial charge in [-0.25, -0.2) is 0 Å². The fraction of sp³-hybridized carbons (Fsp3) is 0.462. The van der Waals surface area contributed by atoms with Gasteiger partial charge in [0.2, 0.25) is 0 Å². The molecule has 0 heterocycles. The Morgan fingerprint density at radius 1 is 1.41 bits per heavy atom. The van der Waals surface area contributed by atoms with E-state index in [-0.39, 0.29) is 12.5 Å². The zero-order valence-corrected chi connectivity index (χ0v) is 10.9. The second-order valence-electron chi connectivity index (χ2n) is 4.47. The number of amides is 1. The Bertz CT molecular complexity index is 379. The molecule has 0 aliphatic carbocycles. The van der Waals surface area contributed by atoms with Crippen molar-refractivity contribution in [2.24, 2.45) is 5.92 Å². The lowest BCUT2D eigenvalue weighted by atomic mass is 10.1. The maximum absolute atomic E-state index is 11.7.